The summed E-state index contributed by atoms with van der Waals surface area (Å²) in [4.78, 5) is 12.8. The average molecular weight is 352 g/mol. The second-order valence-corrected chi connectivity index (χ2v) is 5.49. The first-order valence-corrected chi connectivity index (χ1v) is 7.31. The van der Waals surface area contributed by atoms with Gasteiger partial charge in [-0.3, -0.25) is 4.79 Å². The SMILES string of the molecule is O=C(O)CCN(Cc1ccc(F)cc1Br)c1ccccc1. The van der Waals surface area contributed by atoms with E-state index < -0.39 is 5.97 Å². The zero-order valence-corrected chi connectivity index (χ0v) is 12.9. The highest BCUT2D eigenvalue weighted by atomic mass is 79.9. The van der Waals surface area contributed by atoms with Crippen LogP contribution in [-0.4, -0.2) is 17.6 Å². The fourth-order valence-corrected chi connectivity index (χ4v) is 2.50. The lowest BCUT2D eigenvalue weighted by molar-refractivity contribution is -0.136. The number of para-hydroxylation sites is 1. The molecule has 0 bridgehead atoms. The van der Waals surface area contributed by atoms with Gasteiger partial charge in [0.05, 0.1) is 6.42 Å². The molecule has 3 nitrogen and oxygen atoms in total. The minimum absolute atomic E-state index is 0.0493. The van der Waals surface area contributed by atoms with Crippen molar-refractivity contribution >= 4 is 27.6 Å². The van der Waals surface area contributed by atoms with Crippen molar-refractivity contribution < 1.29 is 14.3 Å². The van der Waals surface area contributed by atoms with Gasteiger partial charge in [-0.25, -0.2) is 4.39 Å². The molecule has 2 rings (SSSR count). The monoisotopic (exact) mass is 351 g/mol. The van der Waals surface area contributed by atoms with Crippen molar-refractivity contribution in [1.29, 1.82) is 0 Å². The van der Waals surface area contributed by atoms with Gasteiger partial charge in [-0.1, -0.05) is 40.2 Å². The fourth-order valence-electron chi connectivity index (χ4n) is 2.02. The molecule has 0 aromatic heterocycles. The number of carboxylic acid groups (broad SMARTS) is 1. The van der Waals surface area contributed by atoms with E-state index in [1.165, 1.54) is 12.1 Å². The van der Waals surface area contributed by atoms with Crippen LogP contribution in [0.4, 0.5) is 10.1 Å². The summed E-state index contributed by atoms with van der Waals surface area (Å²) < 4.78 is 13.8. The maximum Gasteiger partial charge on any atom is 0.305 e. The Morgan fingerprint density at radius 1 is 1.19 bits per heavy atom. The Labute approximate surface area is 131 Å². The third kappa shape index (κ3) is 4.56. The van der Waals surface area contributed by atoms with E-state index in [1.807, 2.05) is 35.2 Å². The van der Waals surface area contributed by atoms with Gasteiger partial charge in [0.25, 0.3) is 0 Å². The van der Waals surface area contributed by atoms with E-state index in [0.29, 0.717) is 17.6 Å². The maximum absolute atomic E-state index is 13.1. The summed E-state index contributed by atoms with van der Waals surface area (Å²) in [5.41, 5.74) is 1.85. The van der Waals surface area contributed by atoms with Crippen molar-refractivity contribution in [3.8, 4) is 0 Å². The number of anilines is 1. The van der Waals surface area contributed by atoms with Crippen LogP contribution >= 0.6 is 15.9 Å². The van der Waals surface area contributed by atoms with Gasteiger partial charge < -0.3 is 10.0 Å². The van der Waals surface area contributed by atoms with Crippen LogP contribution in [0.3, 0.4) is 0 Å². The number of hydrogen-bond donors (Lipinski definition) is 1. The molecule has 0 atom stereocenters. The molecule has 0 spiro atoms. The molecular formula is C16H15BrFNO2. The number of carboxylic acids is 1. The molecule has 2 aromatic rings. The summed E-state index contributed by atoms with van der Waals surface area (Å²) >= 11 is 3.35. The molecule has 0 aliphatic carbocycles. The normalized spacial score (nSPS) is 10.4. The Morgan fingerprint density at radius 3 is 2.52 bits per heavy atom. The summed E-state index contributed by atoms with van der Waals surface area (Å²) in [7, 11) is 0. The fraction of sp³-hybridized carbons (Fsp3) is 0.188. The number of aliphatic carboxylic acids is 1. The molecule has 1 N–H and O–H groups in total. The summed E-state index contributed by atoms with van der Waals surface area (Å²) in [5.74, 6) is -1.14. The van der Waals surface area contributed by atoms with Crippen LogP contribution in [0, 0.1) is 5.82 Å². The molecular weight excluding hydrogens is 337 g/mol. The zero-order chi connectivity index (χ0) is 15.2. The van der Waals surface area contributed by atoms with Gasteiger partial charge >= 0.3 is 5.97 Å². The molecule has 0 saturated carbocycles. The van der Waals surface area contributed by atoms with Crippen LogP contribution < -0.4 is 4.90 Å². The quantitative estimate of drug-likeness (QED) is 0.852. The summed E-state index contributed by atoms with van der Waals surface area (Å²) in [5, 5.41) is 8.88. The standard InChI is InChI=1S/C16H15BrFNO2/c17-15-10-13(18)7-6-12(15)11-19(9-8-16(20)21)14-4-2-1-3-5-14/h1-7,10H,8-9,11H2,(H,20,21). The molecule has 0 saturated heterocycles. The van der Waals surface area contributed by atoms with Gasteiger partial charge in [0.2, 0.25) is 0 Å². The Kier molecular flexibility index (Phi) is 5.33. The molecule has 0 heterocycles. The number of benzene rings is 2. The van der Waals surface area contributed by atoms with E-state index in [4.69, 9.17) is 5.11 Å². The summed E-state index contributed by atoms with van der Waals surface area (Å²) in [6, 6.07) is 14.1. The van der Waals surface area contributed by atoms with Crippen LogP contribution in [0.5, 0.6) is 0 Å². The lowest BCUT2D eigenvalue weighted by Crippen LogP contribution is -2.25. The molecule has 0 unspecified atom stereocenters. The van der Waals surface area contributed by atoms with Crippen LogP contribution in [0.1, 0.15) is 12.0 Å². The molecule has 0 aliphatic rings. The van der Waals surface area contributed by atoms with Crippen molar-refractivity contribution in [2.75, 3.05) is 11.4 Å². The Hall–Kier alpha value is -1.88. The number of nitrogens with zero attached hydrogens (tertiary/aromatic N) is 1. The highest BCUT2D eigenvalue weighted by Crippen LogP contribution is 2.23. The van der Waals surface area contributed by atoms with Gasteiger partial charge in [-0.05, 0) is 29.8 Å². The predicted molar refractivity (Wildman–Crippen MR) is 83.8 cm³/mol. The smallest absolute Gasteiger partial charge is 0.305 e. The van der Waals surface area contributed by atoms with Crippen LogP contribution in [-0.2, 0) is 11.3 Å². The third-order valence-electron chi connectivity index (χ3n) is 3.09. The molecule has 21 heavy (non-hydrogen) atoms. The minimum atomic E-state index is -0.839. The molecule has 110 valence electrons. The third-order valence-corrected chi connectivity index (χ3v) is 3.83. The highest BCUT2D eigenvalue weighted by Gasteiger charge is 2.11. The number of halogens is 2. The first kappa shape index (κ1) is 15.5. The number of rotatable bonds is 6. The van der Waals surface area contributed by atoms with Gasteiger partial charge in [0, 0.05) is 23.2 Å². The number of carbonyl (C=O) groups is 1. The highest BCUT2D eigenvalue weighted by molar-refractivity contribution is 9.10. The molecule has 5 heteroatoms. The average Bonchev–Trinajstić information content (AvgIpc) is 2.46. The van der Waals surface area contributed by atoms with Crippen molar-refractivity contribution in [3.63, 3.8) is 0 Å². The first-order valence-electron chi connectivity index (χ1n) is 6.52. The van der Waals surface area contributed by atoms with E-state index >= 15 is 0 Å². The van der Waals surface area contributed by atoms with E-state index in [-0.39, 0.29) is 12.2 Å². The molecule has 0 radical (unpaired) electrons. The maximum atomic E-state index is 13.1. The minimum Gasteiger partial charge on any atom is -0.481 e. The Morgan fingerprint density at radius 2 is 1.90 bits per heavy atom. The van der Waals surface area contributed by atoms with Crippen molar-refractivity contribution in [2.24, 2.45) is 0 Å². The van der Waals surface area contributed by atoms with Crippen LogP contribution in [0.2, 0.25) is 0 Å². The zero-order valence-electron chi connectivity index (χ0n) is 11.3. The number of hydrogen-bond acceptors (Lipinski definition) is 2. The van der Waals surface area contributed by atoms with Gasteiger partial charge in [-0.15, -0.1) is 0 Å². The van der Waals surface area contributed by atoms with Crippen LogP contribution in [0.15, 0.2) is 53.0 Å². The lowest BCUT2D eigenvalue weighted by atomic mass is 10.2. The van der Waals surface area contributed by atoms with Gasteiger partial charge in [-0.2, -0.15) is 0 Å². The van der Waals surface area contributed by atoms with E-state index in [9.17, 15) is 9.18 Å². The van der Waals surface area contributed by atoms with Gasteiger partial charge in [0.1, 0.15) is 5.82 Å². The second kappa shape index (κ2) is 7.22. The Balaban J connectivity index is 2.21. The van der Waals surface area contributed by atoms with E-state index in [0.717, 1.165) is 11.3 Å². The molecule has 2 aromatic carbocycles. The van der Waals surface area contributed by atoms with Crippen molar-refractivity contribution in [1.82, 2.24) is 0 Å². The van der Waals surface area contributed by atoms with Gasteiger partial charge in [0.15, 0.2) is 0 Å². The first-order chi connectivity index (χ1) is 10.1. The molecule has 0 fully saturated rings. The van der Waals surface area contributed by atoms with Crippen molar-refractivity contribution in [2.45, 2.75) is 13.0 Å². The molecule has 0 aliphatic heterocycles. The van der Waals surface area contributed by atoms with E-state index in [1.54, 1.807) is 6.07 Å². The predicted octanol–water partition coefficient (Wildman–Crippen LogP) is 4.07. The summed E-state index contributed by atoms with van der Waals surface area (Å²) in [6.07, 6.45) is 0.0493. The van der Waals surface area contributed by atoms with Crippen molar-refractivity contribution in [3.05, 3.63) is 64.4 Å². The largest absolute Gasteiger partial charge is 0.481 e. The lowest BCUT2D eigenvalue weighted by Gasteiger charge is -2.25. The topological polar surface area (TPSA) is 40.5 Å². The Bertz CT molecular complexity index is 619. The second-order valence-electron chi connectivity index (χ2n) is 4.64. The van der Waals surface area contributed by atoms with Crippen LogP contribution in [0.25, 0.3) is 0 Å². The van der Waals surface area contributed by atoms with E-state index in [2.05, 4.69) is 15.9 Å². The molecule has 0 amide bonds. The summed E-state index contributed by atoms with van der Waals surface area (Å²) in [6.45, 7) is 0.904.